The molecule has 1 aromatic rings. The van der Waals surface area contributed by atoms with Gasteiger partial charge in [0.15, 0.2) is 6.61 Å². The summed E-state index contributed by atoms with van der Waals surface area (Å²) in [6.45, 7) is 0.985. The molecule has 1 saturated carbocycles. The number of nitrogens with one attached hydrogen (secondary N) is 1. The highest BCUT2D eigenvalue weighted by molar-refractivity contribution is 5.47. The summed E-state index contributed by atoms with van der Waals surface area (Å²) in [6.07, 6.45) is 1.77. The van der Waals surface area contributed by atoms with E-state index >= 15 is 0 Å². The second-order valence-corrected chi connectivity index (χ2v) is 5.70. The van der Waals surface area contributed by atoms with Gasteiger partial charge < -0.3 is 10.1 Å². The largest absolute Gasteiger partial charge is 0.484 e. The van der Waals surface area contributed by atoms with E-state index in [1.165, 1.54) is 19.3 Å². The molecule has 1 aliphatic carbocycles. The maximum absolute atomic E-state index is 12.1. The summed E-state index contributed by atoms with van der Waals surface area (Å²) in [6, 6.07) is 7.17. The van der Waals surface area contributed by atoms with Gasteiger partial charge in [-0.25, -0.2) is 0 Å². The van der Waals surface area contributed by atoms with Crippen molar-refractivity contribution in [3.63, 3.8) is 0 Å². The van der Waals surface area contributed by atoms with Gasteiger partial charge in [-0.1, -0.05) is 13.3 Å². The number of halogens is 3. The van der Waals surface area contributed by atoms with E-state index in [1.54, 1.807) is 24.3 Å². The van der Waals surface area contributed by atoms with Gasteiger partial charge in [0.25, 0.3) is 0 Å². The van der Waals surface area contributed by atoms with Crippen LogP contribution in [0.25, 0.3) is 0 Å². The SMILES string of the molecule is CCC1CCC(Nc2ccc(OCC(F)(F)F)cc2)CC1. The third-order valence-corrected chi connectivity index (χ3v) is 4.05. The first kappa shape index (κ1) is 16.0. The normalized spacial score (nSPS) is 22.9. The molecule has 2 nitrogen and oxygen atoms in total. The summed E-state index contributed by atoms with van der Waals surface area (Å²) < 4.78 is 40.9. The lowest BCUT2D eigenvalue weighted by Gasteiger charge is -2.29. The van der Waals surface area contributed by atoms with Gasteiger partial charge in [-0.2, -0.15) is 13.2 Å². The standard InChI is InChI=1S/C16H22F3NO/c1-2-12-3-5-13(6-4-12)20-14-7-9-15(10-8-14)21-11-16(17,18)19/h7-10,12-13,20H,2-6,11H2,1H3. The van der Waals surface area contributed by atoms with Gasteiger partial charge in [0.05, 0.1) is 0 Å². The first-order valence-electron chi connectivity index (χ1n) is 7.52. The molecule has 1 aromatic carbocycles. The molecule has 2 rings (SSSR count). The second kappa shape index (κ2) is 7.05. The summed E-state index contributed by atoms with van der Waals surface area (Å²) in [7, 11) is 0. The van der Waals surface area contributed by atoms with E-state index in [0.717, 1.165) is 24.4 Å². The Hall–Kier alpha value is -1.39. The molecular weight excluding hydrogens is 279 g/mol. The van der Waals surface area contributed by atoms with Crippen molar-refractivity contribution < 1.29 is 17.9 Å². The molecule has 0 heterocycles. The molecule has 1 fully saturated rings. The van der Waals surface area contributed by atoms with Crippen molar-refractivity contribution in [2.24, 2.45) is 5.92 Å². The van der Waals surface area contributed by atoms with E-state index in [4.69, 9.17) is 4.74 Å². The van der Waals surface area contributed by atoms with E-state index in [1.807, 2.05) is 0 Å². The molecule has 0 amide bonds. The Labute approximate surface area is 123 Å². The summed E-state index contributed by atoms with van der Waals surface area (Å²) in [4.78, 5) is 0. The summed E-state index contributed by atoms with van der Waals surface area (Å²) in [5.74, 6) is 1.09. The van der Waals surface area contributed by atoms with Crippen molar-refractivity contribution in [1.82, 2.24) is 0 Å². The highest BCUT2D eigenvalue weighted by Crippen LogP contribution is 2.29. The minimum atomic E-state index is -4.30. The molecule has 0 unspecified atom stereocenters. The van der Waals surface area contributed by atoms with Crippen LogP contribution in [0.5, 0.6) is 5.75 Å². The Bertz CT molecular complexity index is 422. The number of alkyl halides is 3. The van der Waals surface area contributed by atoms with Gasteiger partial charge in [-0.3, -0.25) is 0 Å². The molecule has 0 saturated heterocycles. The fourth-order valence-corrected chi connectivity index (χ4v) is 2.76. The molecular formula is C16H22F3NO. The number of rotatable bonds is 5. The van der Waals surface area contributed by atoms with E-state index in [-0.39, 0.29) is 5.75 Å². The molecule has 118 valence electrons. The maximum atomic E-state index is 12.1. The Morgan fingerprint density at radius 1 is 1.10 bits per heavy atom. The Balaban J connectivity index is 1.80. The van der Waals surface area contributed by atoms with Crippen molar-refractivity contribution in [1.29, 1.82) is 0 Å². The van der Waals surface area contributed by atoms with Gasteiger partial charge in [-0.05, 0) is 55.9 Å². The third kappa shape index (κ3) is 5.48. The molecule has 5 heteroatoms. The Kier molecular flexibility index (Phi) is 5.37. The number of hydrogen-bond acceptors (Lipinski definition) is 2. The molecule has 1 N–H and O–H groups in total. The molecule has 0 radical (unpaired) electrons. The quantitative estimate of drug-likeness (QED) is 0.825. The number of benzene rings is 1. The molecule has 0 atom stereocenters. The van der Waals surface area contributed by atoms with Gasteiger partial charge >= 0.3 is 6.18 Å². The van der Waals surface area contributed by atoms with Gasteiger partial charge in [0, 0.05) is 11.7 Å². The van der Waals surface area contributed by atoms with Crippen molar-refractivity contribution >= 4 is 5.69 Å². The molecule has 1 aliphatic rings. The molecule has 0 aromatic heterocycles. The minimum Gasteiger partial charge on any atom is -0.484 e. The van der Waals surface area contributed by atoms with Gasteiger partial charge in [0.2, 0.25) is 0 Å². The van der Waals surface area contributed by atoms with Crippen LogP contribution in [-0.2, 0) is 0 Å². The second-order valence-electron chi connectivity index (χ2n) is 5.70. The van der Waals surface area contributed by atoms with Crippen molar-refractivity contribution in [3.05, 3.63) is 24.3 Å². The monoisotopic (exact) mass is 301 g/mol. The van der Waals surface area contributed by atoms with Crippen LogP contribution in [0.3, 0.4) is 0 Å². The zero-order chi connectivity index (χ0) is 15.3. The molecule has 0 aliphatic heterocycles. The third-order valence-electron chi connectivity index (χ3n) is 4.05. The molecule has 21 heavy (non-hydrogen) atoms. The summed E-state index contributed by atoms with van der Waals surface area (Å²) in [5, 5.41) is 3.45. The predicted molar refractivity (Wildman–Crippen MR) is 77.7 cm³/mol. The number of hydrogen-bond donors (Lipinski definition) is 1. The van der Waals surface area contributed by atoms with Crippen LogP contribution in [0.1, 0.15) is 39.0 Å². The maximum Gasteiger partial charge on any atom is 0.422 e. The minimum absolute atomic E-state index is 0.243. The van der Waals surface area contributed by atoms with Crippen LogP contribution in [-0.4, -0.2) is 18.8 Å². The summed E-state index contributed by atoms with van der Waals surface area (Å²) >= 11 is 0. The van der Waals surface area contributed by atoms with Gasteiger partial charge in [-0.15, -0.1) is 0 Å². The lowest BCUT2D eigenvalue weighted by Crippen LogP contribution is -2.25. The Morgan fingerprint density at radius 3 is 2.24 bits per heavy atom. The predicted octanol–water partition coefficient (Wildman–Crippen LogP) is 5.01. The van der Waals surface area contributed by atoms with E-state index < -0.39 is 12.8 Å². The van der Waals surface area contributed by atoms with Crippen LogP contribution >= 0.6 is 0 Å². The molecule has 0 bridgehead atoms. The van der Waals surface area contributed by atoms with E-state index in [0.29, 0.717) is 6.04 Å². The Morgan fingerprint density at radius 2 is 1.71 bits per heavy atom. The smallest absolute Gasteiger partial charge is 0.422 e. The fraction of sp³-hybridized carbons (Fsp3) is 0.625. The van der Waals surface area contributed by atoms with Crippen LogP contribution in [0.2, 0.25) is 0 Å². The van der Waals surface area contributed by atoms with Crippen LogP contribution in [0.15, 0.2) is 24.3 Å². The zero-order valence-electron chi connectivity index (χ0n) is 12.2. The fourth-order valence-electron chi connectivity index (χ4n) is 2.76. The van der Waals surface area contributed by atoms with Crippen molar-refractivity contribution in [3.8, 4) is 5.75 Å². The lowest BCUT2D eigenvalue weighted by molar-refractivity contribution is -0.153. The number of anilines is 1. The average Bonchev–Trinajstić information content (AvgIpc) is 2.46. The van der Waals surface area contributed by atoms with E-state index in [2.05, 4.69) is 12.2 Å². The van der Waals surface area contributed by atoms with Crippen LogP contribution in [0.4, 0.5) is 18.9 Å². The van der Waals surface area contributed by atoms with Gasteiger partial charge in [0.1, 0.15) is 5.75 Å². The van der Waals surface area contributed by atoms with Crippen LogP contribution in [0, 0.1) is 5.92 Å². The highest BCUT2D eigenvalue weighted by Gasteiger charge is 2.28. The number of ether oxygens (including phenoxy) is 1. The molecule has 0 spiro atoms. The topological polar surface area (TPSA) is 21.3 Å². The summed E-state index contributed by atoms with van der Waals surface area (Å²) in [5.41, 5.74) is 0.939. The first-order valence-corrected chi connectivity index (χ1v) is 7.52. The zero-order valence-corrected chi connectivity index (χ0v) is 12.2. The lowest BCUT2D eigenvalue weighted by atomic mass is 9.84. The van der Waals surface area contributed by atoms with Crippen LogP contribution < -0.4 is 10.1 Å². The van der Waals surface area contributed by atoms with Crippen molar-refractivity contribution in [2.75, 3.05) is 11.9 Å². The van der Waals surface area contributed by atoms with Crippen molar-refractivity contribution in [2.45, 2.75) is 51.2 Å². The van der Waals surface area contributed by atoms with E-state index in [9.17, 15) is 13.2 Å². The average molecular weight is 301 g/mol. The first-order chi connectivity index (χ1) is 9.96. The highest BCUT2D eigenvalue weighted by atomic mass is 19.4.